The summed E-state index contributed by atoms with van der Waals surface area (Å²) in [6.45, 7) is 8.49. The second-order valence-electron chi connectivity index (χ2n) is 2.60. The molecule has 0 amide bonds. The molecule has 0 radical (unpaired) electrons. The molecule has 0 aliphatic carbocycles. The lowest BCUT2D eigenvalue weighted by Gasteiger charge is -2.23. The van der Waals surface area contributed by atoms with Gasteiger partial charge in [0.2, 0.25) is 0 Å². The van der Waals surface area contributed by atoms with Crippen LogP contribution in [0.2, 0.25) is 12.6 Å². The van der Waals surface area contributed by atoms with Crippen molar-refractivity contribution in [2.75, 3.05) is 13.7 Å². The van der Waals surface area contributed by atoms with E-state index in [-0.39, 0.29) is 0 Å². The fourth-order valence-corrected chi connectivity index (χ4v) is 2.71. The summed E-state index contributed by atoms with van der Waals surface area (Å²) in [6, 6.07) is 1.00. The van der Waals surface area contributed by atoms with E-state index < -0.39 is 8.56 Å². The molecule has 0 saturated carbocycles. The number of allylic oxidation sites excluding steroid dienone is 1. The molecule has 0 aromatic heterocycles. The zero-order chi connectivity index (χ0) is 8.74. The second kappa shape index (κ2) is 5.52. The van der Waals surface area contributed by atoms with Gasteiger partial charge in [-0.2, -0.15) is 0 Å². The summed E-state index contributed by atoms with van der Waals surface area (Å²) >= 11 is 0. The molecule has 0 fully saturated rings. The van der Waals surface area contributed by atoms with E-state index in [2.05, 4.69) is 13.1 Å². The van der Waals surface area contributed by atoms with Crippen molar-refractivity contribution in [2.24, 2.45) is 0 Å². The Balaban J connectivity index is 3.76. The van der Waals surface area contributed by atoms with Crippen LogP contribution in [0.1, 0.15) is 13.3 Å². The van der Waals surface area contributed by atoms with Crippen molar-refractivity contribution in [3.05, 3.63) is 12.7 Å². The van der Waals surface area contributed by atoms with Gasteiger partial charge >= 0.3 is 8.56 Å². The smallest absolute Gasteiger partial charge is 0.334 e. The highest BCUT2D eigenvalue weighted by atomic mass is 28.4. The zero-order valence-electron chi connectivity index (χ0n) is 7.72. The Morgan fingerprint density at radius 1 is 1.55 bits per heavy atom. The quantitative estimate of drug-likeness (QED) is 0.454. The first kappa shape index (κ1) is 10.9. The Morgan fingerprint density at radius 3 is 2.55 bits per heavy atom. The van der Waals surface area contributed by atoms with Gasteiger partial charge in [0.15, 0.2) is 0 Å². The van der Waals surface area contributed by atoms with Crippen LogP contribution in [-0.4, -0.2) is 22.3 Å². The molecule has 0 aliphatic rings. The summed E-state index contributed by atoms with van der Waals surface area (Å²) in [5.41, 5.74) is 0. The first-order valence-corrected chi connectivity index (χ1v) is 6.51. The van der Waals surface area contributed by atoms with E-state index in [0.29, 0.717) is 0 Å². The lowest BCUT2D eigenvalue weighted by molar-refractivity contribution is 0.215. The van der Waals surface area contributed by atoms with Gasteiger partial charge in [-0.3, -0.25) is 0 Å². The van der Waals surface area contributed by atoms with Gasteiger partial charge in [0.1, 0.15) is 0 Å². The molecular formula is C8H18O2Si. The van der Waals surface area contributed by atoms with Gasteiger partial charge < -0.3 is 8.85 Å². The van der Waals surface area contributed by atoms with Crippen LogP contribution >= 0.6 is 0 Å². The molecule has 66 valence electrons. The lowest BCUT2D eigenvalue weighted by atomic mass is 10.5. The van der Waals surface area contributed by atoms with Crippen LogP contribution in [0.4, 0.5) is 0 Å². The second-order valence-corrected chi connectivity index (χ2v) is 6.06. The van der Waals surface area contributed by atoms with Crippen molar-refractivity contribution in [3.8, 4) is 0 Å². The van der Waals surface area contributed by atoms with Gasteiger partial charge in [0.05, 0.1) is 0 Å². The predicted octanol–water partition coefficient (Wildman–Crippen LogP) is 2.32. The van der Waals surface area contributed by atoms with E-state index >= 15 is 0 Å². The third kappa shape index (κ3) is 4.34. The molecule has 0 bridgehead atoms. The van der Waals surface area contributed by atoms with E-state index in [4.69, 9.17) is 8.85 Å². The summed E-state index contributed by atoms with van der Waals surface area (Å²) < 4.78 is 10.9. The van der Waals surface area contributed by atoms with Crippen LogP contribution < -0.4 is 0 Å². The van der Waals surface area contributed by atoms with Crippen LogP contribution in [-0.2, 0) is 8.85 Å². The third-order valence-corrected chi connectivity index (χ3v) is 4.64. The molecule has 1 atom stereocenters. The molecule has 2 nitrogen and oxygen atoms in total. The number of hydrogen-bond acceptors (Lipinski definition) is 2. The first-order valence-electron chi connectivity index (χ1n) is 3.98. The predicted molar refractivity (Wildman–Crippen MR) is 49.9 cm³/mol. The molecule has 3 heteroatoms. The van der Waals surface area contributed by atoms with Crippen LogP contribution in [0.15, 0.2) is 12.7 Å². The summed E-state index contributed by atoms with van der Waals surface area (Å²) in [5.74, 6) is 0. The van der Waals surface area contributed by atoms with Crippen LogP contribution in [0.25, 0.3) is 0 Å². The van der Waals surface area contributed by atoms with Gasteiger partial charge in [-0.15, -0.1) is 6.58 Å². The molecule has 0 saturated heterocycles. The maximum absolute atomic E-state index is 5.55. The van der Waals surface area contributed by atoms with E-state index in [1.165, 1.54) is 0 Å². The average molecular weight is 174 g/mol. The van der Waals surface area contributed by atoms with Crippen molar-refractivity contribution < 1.29 is 8.85 Å². The molecule has 11 heavy (non-hydrogen) atoms. The van der Waals surface area contributed by atoms with Gasteiger partial charge in [-0.25, -0.2) is 0 Å². The Labute approximate surface area is 70.5 Å². The monoisotopic (exact) mass is 174 g/mol. The minimum absolute atomic E-state index is 0.744. The van der Waals surface area contributed by atoms with E-state index in [1.807, 2.05) is 13.0 Å². The molecular weight excluding hydrogens is 156 g/mol. The van der Waals surface area contributed by atoms with Crippen molar-refractivity contribution in [1.29, 1.82) is 0 Å². The molecule has 0 aliphatic heterocycles. The molecule has 0 aromatic carbocycles. The van der Waals surface area contributed by atoms with Crippen molar-refractivity contribution in [1.82, 2.24) is 0 Å². The van der Waals surface area contributed by atoms with E-state index in [0.717, 1.165) is 19.1 Å². The fraction of sp³-hybridized carbons (Fsp3) is 0.750. The highest BCUT2D eigenvalue weighted by Gasteiger charge is 2.28. The maximum atomic E-state index is 5.55. The summed E-state index contributed by atoms with van der Waals surface area (Å²) in [5, 5.41) is 0. The van der Waals surface area contributed by atoms with Crippen molar-refractivity contribution in [2.45, 2.75) is 25.9 Å². The zero-order valence-corrected chi connectivity index (χ0v) is 8.72. The Kier molecular flexibility index (Phi) is 5.46. The molecule has 0 spiro atoms. The molecule has 0 rings (SSSR count). The van der Waals surface area contributed by atoms with Crippen LogP contribution in [0.3, 0.4) is 0 Å². The molecule has 0 heterocycles. The normalized spacial score (nSPS) is 15.9. The highest BCUT2D eigenvalue weighted by Crippen LogP contribution is 2.14. The summed E-state index contributed by atoms with van der Waals surface area (Å²) in [6.07, 6.45) is 2.89. The SMILES string of the molecule is C=CCC[Si](C)(OC)OCC. The Morgan fingerprint density at radius 2 is 2.18 bits per heavy atom. The highest BCUT2D eigenvalue weighted by molar-refractivity contribution is 6.66. The number of hydrogen-bond donors (Lipinski definition) is 0. The number of rotatable bonds is 6. The molecule has 0 N–H and O–H groups in total. The van der Waals surface area contributed by atoms with Crippen LogP contribution in [0.5, 0.6) is 0 Å². The van der Waals surface area contributed by atoms with Crippen molar-refractivity contribution >= 4 is 8.56 Å². The fourth-order valence-electron chi connectivity index (χ4n) is 0.903. The topological polar surface area (TPSA) is 18.5 Å². The standard InChI is InChI=1S/C8H18O2Si/c1-5-7-8-11(4,9-3)10-6-2/h5H,1,6-8H2,2-4H3. The minimum atomic E-state index is -1.82. The van der Waals surface area contributed by atoms with Gasteiger partial charge in [0, 0.05) is 13.7 Å². The lowest BCUT2D eigenvalue weighted by Crippen LogP contribution is -2.37. The van der Waals surface area contributed by atoms with Crippen molar-refractivity contribution in [3.63, 3.8) is 0 Å². The average Bonchev–Trinajstić information content (AvgIpc) is 2.02. The van der Waals surface area contributed by atoms with Gasteiger partial charge in [0.25, 0.3) is 0 Å². The summed E-state index contributed by atoms with van der Waals surface area (Å²) in [4.78, 5) is 0. The van der Waals surface area contributed by atoms with Crippen LogP contribution in [0, 0.1) is 0 Å². The van der Waals surface area contributed by atoms with Gasteiger partial charge in [-0.05, 0) is 25.9 Å². The maximum Gasteiger partial charge on any atom is 0.334 e. The minimum Gasteiger partial charge on any atom is -0.398 e. The van der Waals surface area contributed by atoms with E-state index in [1.54, 1.807) is 7.11 Å². The Hall–Kier alpha value is -0.123. The largest absolute Gasteiger partial charge is 0.398 e. The molecule has 1 unspecified atom stereocenters. The Bertz CT molecular complexity index is 117. The first-order chi connectivity index (χ1) is 5.18. The van der Waals surface area contributed by atoms with E-state index in [9.17, 15) is 0 Å². The third-order valence-electron chi connectivity index (χ3n) is 1.68. The molecule has 0 aromatic rings. The summed E-state index contributed by atoms with van der Waals surface area (Å²) in [7, 11) is -0.0884. The van der Waals surface area contributed by atoms with Gasteiger partial charge in [-0.1, -0.05) is 6.08 Å².